The quantitative estimate of drug-likeness (QED) is 0.718. The second-order valence-corrected chi connectivity index (χ2v) is 5.97. The number of anilines is 3. The normalized spacial score (nSPS) is 10.8. The molecule has 7 nitrogen and oxygen atoms in total. The molecule has 0 aromatic heterocycles. The molecule has 0 aliphatic rings. The van der Waals surface area contributed by atoms with Gasteiger partial charge in [0.15, 0.2) is 0 Å². The lowest BCUT2D eigenvalue weighted by Crippen LogP contribution is -2.23. The molecule has 2 aromatic rings. The Labute approximate surface area is 154 Å². The molecule has 0 atom stereocenters. The van der Waals surface area contributed by atoms with Crippen LogP contribution in [0.2, 0.25) is 0 Å². The average Bonchev–Trinajstić information content (AvgIpc) is 2.62. The Balaban J connectivity index is 2.30. The fourth-order valence-electron chi connectivity index (χ4n) is 2.56. The van der Waals surface area contributed by atoms with Gasteiger partial charge in [-0.1, -0.05) is 0 Å². The smallest absolute Gasteiger partial charge is 0.316 e. The highest BCUT2D eigenvalue weighted by Crippen LogP contribution is 2.31. The molecule has 2 aromatic carbocycles. The van der Waals surface area contributed by atoms with Crippen molar-refractivity contribution in [1.29, 1.82) is 0 Å². The first-order valence-corrected chi connectivity index (χ1v) is 8.59. The minimum absolute atomic E-state index is 0.538. The van der Waals surface area contributed by atoms with Gasteiger partial charge in [-0.15, -0.1) is 5.11 Å². The zero-order valence-electron chi connectivity index (χ0n) is 15.7. The molecule has 0 saturated carbocycles. The molecule has 7 heteroatoms. The van der Waals surface area contributed by atoms with Crippen LogP contribution in [0.15, 0.2) is 52.7 Å². The largest absolute Gasteiger partial charge is 0.378 e. The first kappa shape index (κ1) is 19.2. The number of nitrogens with zero attached hydrogens (tertiary/aromatic N) is 4. The molecule has 2 rings (SSSR count). The predicted octanol–water partition coefficient (Wildman–Crippen LogP) is 4.50. The summed E-state index contributed by atoms with van der Waals surface area (Å²) in [5, 5.41) is 11.2. The van der Waals surface area contributed by atoms with E-state index in [4.69, 9.17) is 5.73 Å². The predicted molar refractivity (Wildman–Crippen MR) is 108 cm³/mol. The number of hydrogen-bond donors (Lipinski definition) is 2. The van der Waals surface area contributed by atoms with Crippen molar-refractivity contribution in [3.8, 4) is 0 Å². The zero-order valence-corrected chi connectivity index (χ0v) is 15.7. The van der Waals surface area contributed by atoms with Gasteiger partial charge in [0, 0.05) is 38.6 Å². The molecule has 0 radical (unpaired) electrons. The van der Waals surface area contributed by atoms with Crippen molar-refractivity contribution in [1.82, 2.24) is 0 Å². The van der Waals surface area contributed by atoms with Gasteiger partial charge in [0.25, 0.3) is 0 Å². The monoisotopic (exact) mass is 354 g/mol. The third-order valence-corrected chi connectivity index (χ3v) is 4.01. The summed E-state index contributed by atoms with van der Waals surface area (Å²) in [6, 6.07) is 12.8. The highest BCUT2D eigenvalue weighted by atomic mass is 16.2. The van der Waals surface area contributed by atoms with E-state index in [9.17, 15) is 4.79 Å². The van der Waals surface area contributed by atoms with E-state index in [0.29, 0.717) is 11.4 Å². The van der Waals surface area contributed by atoms with Gasteiger partial charge in [-0.05, 0) is 56.3 Å². The molecule has 0 unspecified atom stereocenters. The fourth-order valence-corrected chi connectivity index (χ4v) is 2.56. The van der Waals surface area contributed by atoms with Crippen molar-refractivity contribution >= 4 is 34.5 Å². The molecule has 0 fully saturated rings. The van der Waals surface area contributed by atoms with Crippen LogP contribution in [0.25, 0.3) is 0 Å². The highest BCUT2D eigenvalue weighted by Gasteiger charge is 2.09. The molecule has 3 N–H and O–H groups in total. The van der Waals surface area contributed by atoms with Gasteiger partial charge in [0.05, 0.1) is 11.4 Å². The lowest BCUT2D eigenvalue weighted by atomic mass is 10.2. The fraction of sp³-hybridized carbons (Fsp3) is 0.316. The topological polar surface area (TPSA) is 86.3 Å². The molecule has 0 spiro atoms. The number of hydrogen-bond acceptors (Lipinski definition) is 5. The number of rotatable bonds is 7. The van der Waals surface area contributed by atoms with Gasteiger partial charge in [0.2, 0.25) is 0 Å². The second-order valence-electron chi connectivity index (χ2n) is 5.97. The van der Waals surface area contributed by atoms with Crippen molar-refractivity contribution in [3.05, 3.63) is 42.5 Å². The number of carbonyl (C=O) groups is 1. The lowest BCUT2D eigenvalue weighted by Gasteiger charge is -2.22. The van der Waals surface area contributed by atoms with Gasteiger partial charge in [0.1, 0.15) is 5.69 Å². The van der Waals surface area contributed by atoms with Crippen molar-refractivity contribution in [3.63, 3.8) is 0 Å². The van der Waals surface area contributed by atoms with Crippen molar-refractivity contribution in [2.24, 2.45) is 16.0 Å². The van der Waals surface area contributed by atoms with Crippen molar-refractivity contribution in [2.75, 3.05) is 42.3 Å². The Hall–Kier alpha value is -3.09. The second kappa shape index (κ2) is 8.84. The summed E-state index contributed by atoms with van der Waals surface area (Å²) >= 11 is 0. The number of nitrogens with one attached hydrogen (secondary N) is 1. The number of urea groups is 1. The number of amides is 2. The highest BCUT2D eigenvalue weighted by molar-refractivity contribution is 5.92. The van der Waals surface area contributed by atoms with Gasteiger partial charge < -0.3 is 20.9 Å². The summed E-state index contributed by atoms with van der Waals surface area (Å²) in [4.78, 5) is 15.5. The SMILES string of the molecule is CCN(CC)c1ccc(N=Nc2ccc(N(C)C)cc2)c(NC(N)=O)c1. The first-order valence-electron chi connectivity index (χ1n) is 8.59. The standard InChI is InChI=1S/C19H26N6O/c1-5-25(6-2)16-11-12-17(18(13-16)21-19(20)26)23-22-14-7-9-15(10-8-14)24(3)4/h7-13H,5-6H2,1-4H3,(H3,20,21,26). The van der Waals surface area contributed by atoms with Crippen LogP contribution in [0.3, 0.4) is 0 Å². The summed E-state index contributed by atoms with van der Waals surface area (Å²) < 4.78 is 0. The Morgan fingerprint density at radius 1 is 1.00 bits per heavy atom. The van der Waals surface area contributed by atoms with Gasteiger partial charge in [-0.2, -0.15) is 5.11 Å². The van der Waals surface area contributed by atoms with E-state index in [1.807, 2.05) is 61.5 Å². The van der Waals surface area contributed by atoms with E-state index in [1.165, 1.54) is 0 Å². The van der Waals surface area contributed by atoms with Crippen LogP contribution >= 0.6 is 0 Å². The maximum atomic E-state index is 11.3. The molecule has 2 amide bonds. The van der Waals surface area contributed by atoms with E-state index in [2.05, 4.69) is 34.3 Å². The Kier molecular flexibility index (Phi) is 6.54. The molecule has 0 aliphatic heterocycles. The van der Waals surface area contributed by atoms with Crippen LogP contribution in [0.1, 0.15) is 13.8 Å². The molecule has 26 heavy (non-hydrogen) atoms. The van der Waals surface area contributed by atoms with E-state index in [1.54, 1.807) is 0 Å². The molecule has 0 saturated heterocycles. The number of nitrogens with two attached hydrogens (primary N) is 1. The molecule has 138 valence electrons. The summed E-state index contributed by atoms with van der Waals surface area (Å²) in [6.07, 6.45) is 0. The van der Waals surface area contributed by atoms with Gasteiger partial charge in [-0.25, -0.2) is 4.79 Å². The Morgan fingerprint density at radius 3 is 2.15 bits per heavy atom. The third kappa shape index (κ3) is 4.95. The van der Waals surface area contributed by atoms with Gasteiger partial charge >= 0.3 is 6.03 Å². The number of carbonyl (C=O) groups excluding carboxylic acids is 1. The van der Waals surface area contributed by atoms with Crippen LogP contribution in [0, 0.1) is 0 Å². The van der Waals surface area contributed by atoms with Crippen LogP contribution in [-0.4, -0.2) is 33.2 Å². The lowest BCUT2D eigenvalue weighted by molar-refractivity contribution is 0.259. The summed E-state index contributed by atoms with van der Waals surface area (Å²) in [6.45, 7) is 5.89. The number of benzene rings is 2. The van der Waals surface area contributed by atoms with Crippen LogP contribution < -0.4 is 20.9 Å². The molecular weight excluding hydrogens is 328 g/mol. The Bertz CT molecular complexity index is 766. The van der Waals surface area contributed by atoms with Crippen LogP contribution in [-0.2, 0) is 0 Å². The molecule has 0 aliphatic carbocycles. The van der Waals surface area contributed by atoms with Crippen molar-refractivity contribution < 1.29 is 4.79 Å². The molecule has 0 bridgehead atoms. The van der Waals surface area contributed by atoms with Crippen LogP contribution in [0.5, 0.6) is 0 Å². The maximum Gasteiger partial charge on any atom is 0.316 e. The average molecular weight is 354 g/mol. The van der Waals surface area contributed by atoms with E-state index in [0.717, 1.165) is 30.2 Å². The zero-order chi connectivity index (χ0) is 19.1. The van der Waals surface area contributed by atoms with Crippen LogP contribution in [0.4, 0.5) is 33.2 Å². The summed E-state index contributed by atoms with van der Waals surface area (Å²) in [7, 11) is 3.96. The van der Waals surface area contributed by atoms with E-state index >= 15 is 0 Å². The van der Waals surface area contributed by atoms with E-state index in [-0.39, 0.29) is 0 Å². The number of azo groups is 1. The summed E-state index contributed by atoms with van der Waals surface area (Å²) in [5.41, 5.74) is 9.20. The molecule has 0 heterocycles. The van der Waals surface area contributed by atoms with Gasteiger partial charge in [-0.3, -0.25) is 0 Å². The summed E-state index contributed by atoms with van der Waals surface area (Å²) in [5.74, 6) is 0. The maximum absolute atomic E-state index is 11.3. The Morgan fingerprint density at radius 2 is 1.62 bits per heavy atom. The van der Waals surface area contributed by atoms with E-state index < -0.39 is 6.03 Å². The minimum Gasteiger partial charge on any atom is -0.378 e. The number of primary amides is 1. The minimum atomic E-state index is -0.631. The van der Waals surface area contributed by atoms with Crippen molar-refractivity contribution in [2.45, 2.75) is 13.8 Å². The first-order chi connectivity index (χ1) is 12.4. The molecular formula is C19H26N6O. The third-order valence-electron chi connectivity index (χ3n) is 4.01.